The monoisotopic (exact) mass is 243 g/mol. The molecule has 3 rings (SSSR count). The first kappa shape index (κ1) is 10.9. The fourth-order valence-corrected chi connectivity index (χ4v) is 2.20. The zero-order valence-corrected chi connectivity index (χ0v) is 10.1. The Morgan fingerprint density at radius 3 is 2.94 bits per heavy atom. The molecule has 1 aliphatic rings. The van der Waals surface area contributed by atoms with Crippen LogP contribution < -0.4 is 4.90 Å². The maximum absolute atomic E-state index is 11.8. The fourth-order valence-electron chi connectivity index (χ4n) is 2.20. The maximum atomic E-state index is 11.8. The Morgan fingerprint density at radius 1 is 1.33 bits per heavy atom. The summed E-state index contributed by atoms with van der Waals surface area (Å²) in [6.07, 6.45) is 0.539. The number of hydrogen-bond donors (Lipinski definition) is 0. The molecular weight excluding hydrogens is 230 g/mol. The lowest BCUT2D eigenvalue weighted by Crippen LogP contribution is -2.32. The molecule has 2 aromatic rings. The molecular formula is C12H13N5O. The molecule has 0 aliphatic carbocycles. The summed E-state index contributed by atoms with van der Waals surface area (Å²) in [5.41, 5.74) is 1.74. The van der Waals surface area contributed by atoms with E-state index in [1.54, 1.807) is 7.05 Å². The van der Waals surface area contributed by atoms with Crippen molar-refractivity contribution in [3.05, 3.63) is 35.7 Å². The summed E-state index contributed by atoms with van der Waals surface area (Å²) >= 11 is 0. The highest BCUT2D eigenvalue weighted by atomic mass is 16.1. The van der Waals surface area contributed by atoms with E-state index in [2.05, 4.69) is 20.3 Å². The number of fused-ring (bicyclic) bond motifs is 1. The molecule has 0 saturated heterocycles. The number of Topliss-reactive ketones (excluding diaryl/α,β-unsaturated/α-hetero) is 1. The SMILES string of the molecule is Cn1nnc(CN2CCC(=O)c3ccccc32)n1. The standard InChI is InChI=1S/C12H13N5O/c1-16-14-12(13-15-16)8-17-7-6-11(18)9-4-2-3-5-10(9)17/h2-5H,6-8H2,1H3. The van der Waals surface area contributed by atoms with Crippen LogP contribution in [0.25, 0.3) is 0 Å². The van der Waals surface area contributed by atoms with Crippen molar-refractivity contribution in [3.8, 4) is 0 Å². The fraction of sp³-hybridized carbons (Fsp3) is 0.333. The first-order valence-electron chi connectivity index (χ1n) is 5.84. The van der Waals surface area contributed by atoms with Crippen molar-refractivity contribution in [1.82, 2.24) is 20.2 Å². The molecule has 92 valence electrons. The maximum Gasteiger partial charge on any atom is 0.193 e. The molecule has 2 heterocycles. The predicted octanol–water partition coefficient (Wildman–Crippen LogP) is 0.803. The normalized spacial score (nSPS) is 14.7. The minimum absolute atomic E-state index is 0.203. The van der Waals surface area contributed by atoms with E-state index in [9.17, 15) is 4.79 Å². The molecule has 0 bridgehead atoms. The third-order valence-corrected chi connectivity index (χ3v) is 3.04. The molecule has 6 nitrogen and oxygen atoms in total. The molecule has 0 radical (unpaired) electrons. The largest absolute Gasteiger partial charge is 0.363 e. The van der Waals surface area contributed by atoms with Gasteiger partial charge < -0.3 is 4.90 Å². The van der Waals surface area contributed by atoms with Crippen LogP contribution in [0.4, 0.5) is 5.69 Å². The Kier molecular flexibility index (Phi) is 2.55. The molecule has 0 atom stereocenters. The third-order valence-electron chi connectivity index (χ3n) is 3.04. The van der Waals surface area contributed by atoms with Crippen LogP contribution in [0.3, 0.4) is 0 Å². The van der Waals surface area contributed by atoms with Gasteiger partial charge >= 0.3 is 0 Å². The van der Waals surface area contributed by atoms with E-state index in [4.69, 9.17) is 0 Å². The van der Waals surface area contributed by atoms with Crippen molar-refractivity contribution in [2.24, 2.45) is 7.05 Å². The molecule has 0 fully saturated rings. The van der Waals surface area contributed by atoms with E-state index < -0.39 is 0 Å². The van der Waals surface area contributed by atoms with Gasteiger partial charge in [0.25, 0.3) is 0 Å². The van der Waals surface area contributed by atoms with Gasteiger partial charge in [-0.2, -0.15) is 4.80 Å². The molecule has 0 saturated carbocycles. The van der Waals surface area contributed by atoms with Crippen LogP contribution in [-0.4, -0.2) is 32.5 Å². The zero-order valence-electron chi connectivity index (χ0n) is 10.1. The summed E-state index contributed by atoms with van der Waals surface area (Å²) in [6.45, 7) is 1.28. The van der Waals surface area contributed by atoms with Gasteiger partial charge in [0.15, 0.2) is 11.6 Å². The summed E-state index contributed by atoms with van der Waals surface area (Å²) in [4.78, 5) is 15.4. The summed E-state index contributed by atoms with van der Waals surface area (Å²) < 4.78 is 0. The smallest absolute Gasteiger partial charge is 0.193 e. The minimum Gasteiger partial charge on any atom is -0.363 e. The van der Waals surface area contributed by atoms with E-state index >= 15 is 0 Å². The number of tetrazole rings is 1. The number of para-hydroxylation sites is 1. The number of anilines is 1. The molecule has 0 amide bonds. The van der Waals surface area contributed by atoms with Crippen LogP contribution in [0.2, 0.25) is 0 Å². The highest BCUT2D eigenvalue weighted by Crippen LogP contribution is 2.27. The third kappa shape index (κ3) is 1.85. The topological polar surface area (TPSA) is 63.9 Å². The van der Waals surface area contributed by atoms with Gasteiger partial charge in [-0.15, -0.1) is 10.2 Å². The van der Waals surface area contributed by atoms with Crippen molar-refractivity contribution in [3.63, 3.8) is 0 Å². The van der Waals surface area contributed by atoms with Crippen molar-refractivity contribution < 1.29 is 4.79 Å². The van der Waals surface area contributed by atoms with Crippen LogP contribution in [-0.2, 0) is 13.6 Å². The van der Waals surface area contributed by atoms with Crippen molar-refractivity contribution in [1.29, 1.82) is 0 Å². The van der Waals surface area contributed by atoms with E-state index in [0.717, 1.165) is 11.3 Å². The number of rotatable bonds is 2. The molecule has 1 aromatic carbocycles. The van der Waals surface area contributed by atoms with E-state index in [0.29, 0.717) is 25.3 Å². The van der Waals surface area contributed by atoms with Gasteiger partial charge in [-0.25, -0.2) is 0 Å². The van der Waals surface area contributed by atoms with Crippen LogP contribution in [0.15, 0.2) is 24.3 Å². The van der Waals surface area contributed by atoms with E-state index in [-0.39, 0.29) is 5.78 Å². The van der Waals surface area contributed by atoms with Crippen molar-refractivity contribution in [2.75, 3.05) is 11.4 Å². The lowest BCUT2D eigenvalue weighted by atomic mass is 10.0. The Morgan fingerprint density at radius 2 is 2.17 bits per heavy atom. The Balaban J connectivity index is 1.90. The highest BCUT2D eigenvalue weighted by Gasteiger charge is 2.23. The van der Waals surface area contributed by atoms with E-state index in [1.807, 2.05) is 24.3 Å². The van der Waals surface area contributed by atoms with Gasteiger partial charge in [0.2, 0.25) is 0 Å². The second-order valence-electron chi connectivity index (χ2n) is 4.31. The van der Waals surface area contributed by atoms with Crippen LogP contribution >= 0.6 is 0 Å². The summed E-state index contributed by atoms with van der Waals surface area (Å²) in [6, 6.07) is 7.66. The van der Waals surface area contributed by atoms with Gasteiger partial charge in [0.1, 0.15) is 0 Å². The average molecular weight is 243 g/mol. The molecule has 18 heavy (non-hydrogen) atoms. The first-order valence-corrected chi connectivity index (χ1v) is 5.84. The lowest BCUT2D eigenvalue weighted by Gasteiger charge is -2.29. The van der Waals surface area contributed by atoms with Gasteiger partial charge in [-0.3, -0.25) is 4.79 Å². The van der Waals surface area contributed by atoms with Gasteiger partial charge in [0.05, 0.1) is 13.6 Å². The van der Waals surface area contributed by atoms with Crippen LogP contribution in [0.5, 0.6) is 0 Å². The predicted molar refractivity (Wildman–Crippen MR) is 65.2 cm³/mol. The lowest BCUT2D eigenvalue weighted by molar-refractivity contribution is 0.0979. The number of ketones is 1. The average Bonchev–Trinajstić information content (AvgIpc) is 2.79. The van der Waals surface area contributed by atoms with E-state index in [1.165, 1.54) is 4.80 Å². The Labute approximate surface area is 104 Å². The Bertz CT molecular complexity index is 592. The van der Waals surface area contributed by atoms with Crippen molar-refractivity contribution in [2.45, 2.75) is 13.0 Å². The van der Waals surface area contributed by atoms with Crippen LogP contribution in [0, 0.1) is 0 Å². The number of carbonyl (C=O) groups excluding carboxylic acids is 1. The van der Waals surface area contributed by atoms with Gasteiger partial charge in [-0.05, 0) is 17.3 Å². The number of benzene rings is 1. The number of nitrogens with zero attached hydrogens (tertiary/aromatic N) is 5. The Hall–Kier alpha value is -2.24. The minimum atomic E-state index is 0.203. The molecule has 0 N–H and O–H groups in total. The number of carbonyl (C=O) groups is 1. The van der Waals surface area contributed by atoms with Gasteiger partial charge in [0, 0.05) is 24.2 Å². The molecule has 6 heteroatoms. The summed E-state index contributed by atoms with van der Waals surface area (Å²) in [7, 11) is 1.74. The summed E-state index contributed by atoms with van der Waals surface area (Å²) in [5, 5.41) is 12.0. The number of aryl methyl sites for hydroxylation is 1. The summed E-state index contributed by atoms with van der Waals surface area (Å²) in [5.74, 6) is 0.871. The first-order chi connectivity index (χ1) is 8.74. The van der Waals surface area contributed by atoms with Crippen molar-refractivity contribution >= 4 is 11.5 Å². The molecule has 1 aromatic heterocycles. The zero-order chi connectivity index (χ0) is 12.5. The molecule has 0 spiro atoms. The van der Waals surface area contributed by atoms with Gasteiger partial charge in [-0.1, -0.05) is 12.1 Å². The highest BCUT2D eigenvalue weighted by molar-refractivity contribution is 6.03. The van der Waals surface area contributed by atoms with Crippen LogP contribution in [0.1, 0.15) is 22.6 Å². The number of hydrogen-bond acceptors (Lipinski definition) is 5. The number of aromatic nitrogens is 4. The molecule has 0 unspecified atom stereocenters. The quantitative estimate of drug-likeness (QED) is 0.780. The molecule has 1 aliphatic heterocycles. The second kappa shape index (κ2) is 4.21. The second-order valence-corrected chi connectivity index (χ2v) is 4.31.